The Morgan fingerprint density at radius 1 is 1.03 bits per heavy atom. The Bertz CT molecular complexity index is 1440. The molecule has 8 heteroatoms. The highest BCUT2D eigenvalue weighted by Crippen LogP contribution is 2.38. The molecule has 0 aliphatic carbocycles. The van der Waals surface area contributed by atoms with Crippen LogP contribution in [-0.2, 0) is 6.61 Å². The molecule has 0 aliphatic heterocycles. The monoisotopic (exact) mass is 511 g/mol. The Balaban J connectivity index is 1.65. The minimum absolute atomic E-state index is 0.230. The predicted molar refractivity (Wildman–Crippen MR) is 138 cm³/mol. The van der Waals surface area contributed by atoms with Crippen LogP contribution in [0.4, 0.5) is 0 Å². The third-order valence-electron chi connectivity index (χ3n) is 5.02. The van der Waals surface area contributed by atoms with E-state index in [1.54, 1.807) is 30.3 Å². The van der Waals surface area contributed by atoms with E-state index in [2.05, 4.69) is 16.0 Å². The van der Waals surface area contributed by atoms with Crippen molar-refractivity contribution in [2.75, 3.05) is 6.61 Å². The van der Waals surface area contributed by atoms with Crippen molar-refractivity contribution < 1.29 is 9.47 Å². The van der Waals surface area contributed by atoms with E-state index in [9.17, 15) is 5.26 Å². The summed E-state index contributed by atoms with van der Waals surface area (Å²) in [4.78, 5) is 7.75. The molecule has 0 saturated carbocycles. The molecule has 0 fully saturated rings. The minimum atomic E-state index is 0.230. The van der Waals surface area contributed by atoms with Crippen molar-refractivity contribution in [2.45, 2.75) is 20.5 Å². The van der Waals surface area contributed by atoms with Crippen LogP contribution in [0.25, 0.3) is 22.7 Å². The molecule has 0 bridgehead atoms. The van der Waals surface area contributed by atoms with Crippen LogP contribution < -0.4 is 9.47 Å². The summed E-state index contributed by atoms with van der Waals surface area (Å²) < 4.78 is 11.7. The van der Waals surface area contributed by atoms with Crippen molar-refractivity contribution in [3.05, 3.63) is 86.1 Å². The van der Waals surface area contributed by atoms with Gasteiger partial charge in [-0.2, -0.15) is 5.26 Å². The molecule has 34 heavy (non-hydrogen) atoms. The summed E-state index contributed by atoms with van der Waals surface area (Å²) >= 11 is 18.6. The first kappa shape index (κ1) is 24.0. The van der Waals surface area contributed by atoms with Gasteiger partial charge >= 0.3 is 0 Å². The van der Waals surface area contributed by atoms with E-state index in [4.69, 9.17) is 44.3 Å². The van der Waals surface area contributed by atoms with Gasteiger partial charge in [-0.05, 0) is 73.0 Å². The maximum atomic E-state index is 9.78. The van der Waals surface area contributed by atoms with Crippen LogP contribution in [0.15, 0.2) is 48.5 Å². The van der Waals surface area contributed by atoms with Crippen LogP contribution in [-0.4, -0.2) is 16.6 Å². The molecular formula is C26H20Cl3N3O2. The molecule has 4 rings (SSSR count). The number of nitriles is 1. The maximum absolute atomic E-state index is 9.78. The Morgan fingerprint density at radius 2 is 1.85 bits per heavy atom. The molecule has 0 unspecified atom stereocenters. The Hall–Kier alpha value is -3.17. The van der Waals surface area contributed by atoms with Crippen LogP contribution in [0.1, 0.15) is 29.4 Å². The van der Waals surface area contributed by atoms with Crippen molar-refractivity contribution in [1.29, 1.82) is 5.26 Å². The number of allylic oxidation sites excluding steroid dienone is 1. The van der Waals surface area contributed by atoms with Gasteiger partial charge in [0.05, 0.1) is 38.3 Å². The number of imidazole rings is 1. The average Bonchev–Trinajstić information content (AvgIpc) is 3.22. The third kappa shape index (κ3) is 5.31. The second-order valence-corrected chi connectivity index (χ2v) is 8.80. The molecule has 1 N–H and O–H groups in total. The number of aryl methyl sites for hydroxylation is 1. The van der Waals surface area contributed by atoms with E-state index in [1.807, 2.05) is 38.1 Å². The van der Waals surface area contributed by atoms with E-state index >= 15 is 0 Å². The van der Waals surface area contributed by atoms with Crippen LogP contribution in [0.5, 0.6) is 11.5 Å². The summed E-state index contributed by atoms with van der Waals surface area (Å²) in [5.74, 6) is 1.36. The first-order valence-corrected chi connectivity index (χ1v) is 11.6. The number of halogens is 3. The summed E-state index contributed by atoms with van der Waals surface area (Å²) in [5.41, 5.74) is 4.66. The van der Waals surface area contributed by atoms with E-state index in [0.29, 0.717) is 50.1 Å². The number of ether oxygens (including phenoxy) is 2. The highest BCUT2D eigenvalue weighted by Gasteiger charge is 2.15. The fourth-order valence-electron chi connectivity index (χ4n) is 3.43. The van der Waals surface area contributed by atoms with Crippen molar-refractivity contribution in [1.82, 2.24) is 9.97 Å². The van der Waals surface area contributed by atoms with Gasteiger partial charge in [0.2, 0.25) is 0 Å². The van der Waals surface area contributed by atoms with Crippen molar-refractivity contribution in [3.8, 4) is 17.6 Å². The second-order valence-electron chi connectivity index (χ2n) is 7.58. The van der Waals surface area contributed by atoms with Gasteiger partial charge in [-0.25, -0.2) is 4.98 Å². The van der Waals surface area contributed by atoms with Crippen molar-refractivity contribution in [3.63, 3.8) is 0 Å². The zero-order valence-corrected chi connectivity index (χ0v) is 20.7. The fraction of sp³-hybridized carbons (Fsp3) is 0.154. The van der Waals surface area contributed by atoms with Gasteiger partial charge in [0, 0.05) is 0 Å². The van der Waals surface area contributed by atoms with Gasteiger partial charge in [0.1, 0.15) is 18.5 Å². The molecule has 172 valence electrons. The van der Waals surface area contributed by atoms with Crippen molar-refractivity contribution >= 4 is 57.5 Å². The van der Waals surface area contributed by atoms with Gasteiger partial charge < -0.3 is 14.5 Å². The lowest BCUT2D eigenvalue weighted by molar-refractivity contribution is 0.269. The lowest BCUT2D eigenvalue weighted by Gasteiger charge is -2.15. The van der Waals surface area contributed by atoms with Gasteiger partial charge in [0.25, 0.3) is 0 Å². The molecular weight excluding hydrogens is 493 g/mol. The number of nitrogens with zero attached hydrogens (tertiary/aromatic N) is 2. The summed E-state index contributed by atoms with van der Waals surface area (Å²) in [5, 5.41) is 11.1. The van der Waals surface area contributed by atoms with Gasteiger partial charge in [-0.1, -0.05) is 46.9 Å². The van der Waals surface area contributed by atoms with Crippen LogP contribution in [0, 0.1) is 18.3 Å². The highest BCUT2D eigenvalue weighted by molar-refractivity contribution is 6.42. The molecule has 0 aliphatic rings. The number of rotatable bonds is 7. The number of hydrogen-bond acceptors (Lipinski definition) is 4. The zero-order valence-electron chi connectivity index (χ0n) is 18.5. The molecule has 3 aromatic carbocycles. The number of benzene rings is 3. The normalized spacial score (nSPS) is 11.5. The van der Waals surface area contributed by atoms with Gasteiger partial charge in [-0.15, -0.1) is 0 Å². The average molecular weight is 513 g/mol. The number of H-pyrrole nitrogens is 1. The highest BCUT2D eigenvalue weighted by atomic mass is 35.5. The predicted octanol–water partition coefficient (Wildman–Crippen LogP) is 7.87. The number of fused-ring (bicyclic) bond motifs is 1. The largest absolute Gasteiger partial charge is 0.490 e. The van der Waals surface area contributed by atoms with Crippen LogP contribution in [0.2, 0.25) is 15.1 Å². The maximum Gasteiger partial charge on any atom is 0.180 e. The number of hydrogen-bond donors (Lipinski definition) is 1. The molecule has 0 saturated heterocycles. The second kappa shape index (κ2) is 10.4. The number of aromatic nitrogens is 2. The van der Waals surface area contributed by atoms with Gasteiger partial charge in [0.15, 0.2) is 11.5 Å². The van der Waals surface area contributed by atoms with E-state index in [-0.39, 0.29) is 6.61 Å². The molecule has 0 atom stereocenters. The molecule has 1 heterocycles. The first-order chi connectivity index (χ1) is 16.4. The van der Waals surface area contributed by atoms with Crippen molar-refractivity contribution in [2.24, 2.45) is 0 Å². The Kier molecular flexibility index (Phi) is 7.33. The molecule has 0 spiro atoms. The van der Waals surface area contributed by atoms with Gasteiger partial charge in [-0.3, -0.25) is 0 Å². The minimum Gasteiger partial charge on any atom is -0.490 e. The Labute approximate surface area is 212 Å². The number of aromatic amines is 1. The SMILES string of the molecule is CCOc1cc(/C=C(/C#N)c2nc3ccc(C)cc3[nH]2)cc(Cl)c1OCc1ccc(Cl)c(Cl)c1. The van der Waals surface area contributed by atoms with Crippen LogP contribution in [0.3, 0.4) is 0 Å². The van der Waals surface area contributed by atoms with E-state index in [0.717, 1.165) is 22.2 Å². The molecule has 0 radical (unpaired) electrons. The molecule has 1 aromatic heterocycles. The Morgan fingerprint density at radius 3 is 2.59 bits per heavy atom. The molecule has 4 aromatic rings. The quantitative estimate of drug-likeness (QED) is 0.256. The summed E-state index contributed by atoms with van der Waals surface area (Å²) in [6.07, 6.45) is 1.71. The zero-order chi connectivity index (χ0) is 24.2. The smallest absolute Gasteiger partial charge is 0.180 e. The van der Waals surface area contributed by atoms with E-state index in [1.165, 1.54) is 0 Å². The lowest BCUT2D eigenvalue weighted by Crippen LogP contribution is -2.01. The lowest BCUT2D eigenvalue weighted by atomic mass is 10.1. The number of nitrogens with one attached hydrogen (secondary N) is 1. The topological polar surface area (TPSA) is 70.9 Å². The standard InChI is InChI=1S/C26H20Cl3N3O2/c1-3-33-24-12-17(9-18(13-30)26-31-22-7-4-15(2)8-23(22)32-26)11-21(29)25(24)34-14-16-5-6-19(27)20(28)10-16/h4-12H,3,14H2,1-2H3,(H,31,32)/b18-9-. The third-order valence-corrected chi connectivity index (χ3v) is 6.04. The van der Waals surface area contributed by atoms with Crippen LogP contribution >= 0.6 is 34.8 Å². The molecule has 5 nitrogen and oxygen atoms in total. The first-order valence-electron chi connectivity index (χ1n) is 10.5. The fourth-order valence-corrected chi connectivity index (χ4v) is 4.02. The summed E-state index contributed by atoms with van der Waals surface area (Å²) in [6.45, 7) is 4.52. The summed E-state index contributed by atoms with van der Waals surface area (Å²) in [6, 6.07) is 16.9. The summed E-state index contributed by atoms with van der Waals surface area (Å²) in [7, 11) is 0. The van der Waals surface area contributed by atoms with E-state index < -0.39 is 0 Å². The molecule has 0 amide bonds.